The van der Waals surface area contributed by atoms with Crippen molar-refractivity contribution in [3.8, 4) is 0 Å². The lowest BCUT2D eigenvalue weighted by Crippen LogP contribution is -2.23. The molecule has 0 aliphatic heterocycles. The highest BCUT2D eigenvalue weighted by atomic mass is 32.1. The van der Waals surface area contributed by atoms with Gasteiger partial charge in [-0.25, -0.2) is 4.39 Å². The molecule has 0 aliphatic rings. The van der Waals surface area contributed by atoms with Crippen LogP contribution in [0.1, 0.15) is 29.8 Å². The third-order valence-corrected chi connectivity index (χ3v) is 3.84. The van der Waals surface area contributed by atoms with E-state index in [1.807, 2.05) is 6.07 Å². The minimum atomic E-state index is -0.159. The van der Waals surface area contributed by atoms with Gasteiger partial charge in [0.15, 0.2) is 0 Å². The summed E-state index contributed by atoms with van der Waals surface area (Å²) >= 11 is 1.75. The topological polar surface area (TPSA) is 12.0 Å². The SMILES string of the molecule is CCCNC(Cc1cccc(F)c1)c1cccs1. The smallest absolute Gasteiger partial charge is 0.123 e. The van der Waals surface area contributed by atoms with E-state index in [1.165, 1.54) is 10.9 Å². The summed E-state index contributed by atoms with van der Waals surface area (Å²) in [6.07, 6.45) is 1.93. The fourth-order valence-electron chi connectivity index (χ4n) is 1.98. The van der Waals surface area contributed by atoms with Crippen LogP contribution in [0.3, 0.4) is 0 Å². The molecule has 1 unspecified atom stereocenters. The molecule has 1 aromatic heterocycles. The van der Waals surface area contributed by atoms with Gasteiger partial charge in [0.1, 0.15) is 5.82 Å². The quantitative estimate of drug-likeness (QED) is 0.824. The van der Waals surface area contributed by atoms with Crippen molar-refractivity contribution < 1.29 is 4.39 Å². The maximum Gasteiger partial charge on any atom is 0.123 e. The van der Waals surface area contributed by atoms with E-state index in [0.717, 1.165) is 24.9 Å². The van der Waals surface area contributed by atoms with E-state index in [0.29, 0.717) is 0 Å². The van der Waals surface area contributed by atoms with Crippen LogP contribution in [-0.2, 0) is 6.42 Å². The average molecular weight is 263 g/mol. The Morgan fingerprint density at radius 1 is 1.28 bits per heavy atom. The summed E-state index contributed by atoms with van der Waals surface area (Å²) in [7, 11) is 0. The normalized spacial score (nSPS) is 12.6. The molecule has 2 rings (SSSR count). The number of hydrogen-bond acceptors (Lipinski definition) is 2. The third kappa shape index (κ3) is 3.65. The Kier molecular flexibility index (Phi) is 4.90. The first-order chi connectivity index (χ1) is 8.79. The van der Waals surface area contributed by atoms with E-state index in [-0.39, 0.29) is 11.9 Å². The number of benzene rings is 1. The molecule has 2 aromatic rings. The molecular formula is C15H18FNS. The minimum absolute atomic E-state index is 0.159. The molecule has 0 saturated carbocycles. The Hall–Kier alpha value is -1.19. The highest BCUT2D eigenvalue weighted by Gasteiger charge is 2.12. The van der Waals surface area contributed by atoms with Gasteiger partial charge in [-0.15, -0.1) is 11.3 Å². The molecule has 0 saturated heterocycles. The predicted molar refractivity (Wildman–Crippen MR) is 75.5 cm³/mol. The van der Waals surface area contributed by atoms with Crippen molar-refractivity contribution >= 4 is 11.3 Å². The molecule has 96 valence electrons. The Balaban J connectivity index is 2.10. The van der Waals surface area contributed by atoms with Crippen molar-refractivity contribution in [2.45, 2.75) is 25.8 Å². The van der Waals surface area contributed by atoms with Crippen LogP contribution in [0.5, 0.6) is 0 Å². The summed E-state index contributed by atoms with van der Waals surface area (Å²) in [4.78, 5) is 1.31. The van der Waals surface area contributed by atoms with E-state index in [9.17, 15) is 4.39 Å². The molecule has 0 radical (unpaired) electrons. The molecule has 0 fully saturated rings. The first-order valence-corrected chi connectivity index (χ1v) is 7.18. The van der Waals surface area contributed by atoms with Crippen LogP contribution in [0, 0.1) is 5.82 Å². The Morgan fingerprint density at radius 2 is 2.17 bits per heavy atom. The van der Waals surface area contributed by atoms with Crippen LogP contribution in [0.2, 0.25) is 0 Å². The van der Waals surface area contributed by atoms with Crippen molar-refractivity contribution in [3.05, 3.63) is 58.0 Å². The van der Waals surface area contributed by atoms with Crippen LogP contribution >= 0.6 is 11.3 Å². The fourth-order valence-corrected chi connectivity index (χ4v) is 2.78. The monoisotopic (exact) mass is 263 g/mol. The maximum absolute atomic E-state index is 13.2. The molecule has 0 aliphatic carbocycles. The molecular weight excluding hydrogens is 245 g/mol. The molecule has 1 heterocycles. The highest BCUT2D eigenvalue weighted by Crippen LogP contribution is 2.23. The summed E-state index contributed by atoms with van der Waals surface area (Å²) in [6.45, 7) is 3.14. The molecule has 0 spiro atoms. The Morgan fingerprint density at radius 3 is 2.83 bits per heavy atom. The first-order valence-electron chi connectivity index (χ1n) is 6.31. The number of halogens is 1. The molecule has 1 atom stereocenters. The predicted octanol–water partition coefficient (Wildman–Crippen LogP) is 4.17. The Labute approximate surface area is 112 Å². The summed E-state index contributed by atoms with van der Waals surface area (Å²) in [6, 6.07) is 11.3. The van der Waals surface area contributed by atoms with E-state index in [1.54, 1.807) is 23.5 Å². The molecule has 1 N–H and O–H groups in total. The van der Waals surface area contributed by atoms with E-state index in [4.69, 9.17) is 0 Å². The first kappa shape index (κ1) is 13.2. The zero-order valence-electron chi connectivity index (χ0n) is 10.5. The lowest BCUT2D eigenvalue weighted by molar-refractivity contribution is 0.534. The van der Waals surface area contributed by atoms with Crippen LogP contribution < -0.4 is 5.32 Å². The average Bonchev–Trinajstić information content (AvgIpc) is 2.88. The summed E-state index contributed by atoms with van der Waals surface area (Å²) in [5.41, 5.74) is 1.04. The summed E-state index contributed by atoms with van der Waals surface area (Å²) in [5, 5.41) is 5.61. The zero-order valence-corrected chi connectivity index (χ0v) is 11.3. The van der Waals surface area contributed by atoms with Gasteiger partial charge in [-0.2, -0.15) is 0 Å². The number of thiophene rings is 1. The lowest BCUT2D eigenvalue weighted by Gasteiger charge is -2.17. The second-order valence-electron chi connectivity index (χ2n) is 4.36. The summed E-state index contributed by atoms with van der Waals surface area (Å²) in [5.74, 6) is -0.159. The zero-order chi connectivity index (χ0) is 12.8. The van der Waals surface area contributed by atoms with E-state index >= 15 is 0 Å². The number of nitrogens with one attached hydrogen (secondary N) is 1. The van der Waals surface area contributed by atoms with E-state index < -0.39 is 0 Å². The van der Waals surface area contributed by atoms with Crippen molar-refractivity contribution in [2.75, 3.05) is 6.54 Å². The van der Waals surface area contributed by atoms with Crippen molar-refractivity contribution in [1.29, 1.82) is 0 Å². The van der Waals surface area contributed by atoms with Gasteiger partial charge in [0, 0.05) is 10.9 Å². The fraction of sp³-hybridized carbons (Fsp3) is 0.333. The van der Waals surface area contributed by atoms with Gasteiger partial charge in [-0.05, 0) is 48.5 Å². The second-order valence-corrected chi connectivity index (χ2v) is 5.34. The highest BCUT2D eigenvalue weighted by molar-refractivity contribution is 7.10. The van der Waals surface area contributed by atoms with Gasteiger partial charge in [0.2, 0.25) is 0 Å². The van der Waals surface area contributed by atoms with Gasteiger partial charge < -0.3 is 5.32 Å². The molecule has 0 bridgehead atoms. The lowest BCUT2D eigenvalue weighted by atomic mass is 10.0. The largest absolute Gasteiger partial charge is 0.309 e. The number of hydrogen-bond donors (Lipinski definition) is 1. The third-order valence-electron chi connectivity index (χ3n) is 2.86. The molecule has 18 heavy (non-hydrogen) atoms. The van der Waals surface area contributed by atoms with E-state index in [2.05, 4.69) is 29.8 Å². The number of rotatable bonds is 6. The summed E-state index contributed by atoms with van der Waals surface area (Å²) < 4.78 is 13.2. The molecule has 1 aromatic carbocycles. The van der Waals surface area contributed by atoms with Gasteiger partial charge in [-0.1, -0.05) is 25.1 Å². The molecule has 0 amide bonds. The standard InChI is InChI=1S/C15H18FNS/c1-2-8-17-14(15-7-4-9-18-15)11-12-5-3-6-13(16)10-12/h3-7,9-10,14,17H,2,8,11H2,1H3. The van der Waals surface area contributed by atoms with Crippen molar-refractivity contribution in [1.82, 2.24) is 5.32 Å². The van der Waals surface area contributed by atoms with Crippen LogP contribution in [0.4, 0.5) is 4.39 Å². The second kappa shape index (κ2) is 6.66. The Bertz CT molecular complexity index is 467. The molecule has 3 heteroatoms. The maximum atomic E-state index is 13.2. The minimum Gasteiger partial charge on any atom is -0.309 e. The van der Waals surface area contributed by atoms with Crippen LogP contribution in [0.15, 0.2) is 41.8 Å². The van der Waals surface area contributed by atoms with Gasteiger partial charge in [0.25, 0.3) is 0 Å². The van der Waals surface area contributed by atoms with Crippen LogP contribution in [0.25, 0.3) is 0 Å². The van der Waals surface area contributed by atoms with Gasteiger partial charge in [0.05, 0.1) is 0 Å². The van der Waals surface area contributed by atoms with Crippen molar-refractivity contribution in [3.63, 3.8) is 0 Å². The van der Waals surface area contributed by atoms with Gasteiger partial charge >= 0.3 is 0 Å². The molecule has 1 nitrogen and oxygen atoms in total. The van der Waals surface area contributed by atoms with Gasteiger partial charge in [-0.3, -0.25) is 0 Å². The van der Waals surface area contributed by atoms with Crippen LogP contribution in [-0.4, -0.2) is 6.54 Å². The van der Waals surface area contributed by atoms with Crippen molar-refractivity contribution in [2.24, 2.45) is 0 Å².